The Morgan fingerprint density at radius 3 is 2.89 bits per heavy atom. The number of aryl methyl sites for hydroxylation is 1. The molecule has 1 heterocycles. The molecule has 3 saturated carbocycles. The first-order valence-electron chi connectivity index (χ1n) is 7.42. The standard InChI is InChI=1S/C14H20N4O/c1-7-15-13(18-17-7)14(19)16-12-6-8-5-11(12)10-4-2-3-9(8)10/h8-12H,2-6H2,1H3,(H,16,19)(H,15,17,18). The van der Waals surface area contributed by atoms with Crippen molar-refractivity contribution in [1.29, 1.82) is 0 Å². The molecule has 3 aliphatic carbocycles. The van der Waals surface area contributed by atoms with E-state index in [1.807, 2.05) is 6.92 Å². The van der Waals surface area contributed by atoms with Crippen molar-refractivity contribution in [1.82, 2.24) is 20.5 Å². The van der Waals surface area contributed by atoms with Crippen molar-refractivity contribution >= 4 is 5.91 Å². The Kier molecular flexibility index (Phi) is 2.44. The van der Waals surface area contributed by atoms with Crippen molar-refractivity contribution in [2.24, 2.45) is 23.7 Å². The van der Waals surface area contributed by atoms with Crippen molar-refractivity contribution < 1.29 is 4.79 Å². The van der Waals surface area contributed by atoms with Crippen molar-refractivity contribution in [2.45, 2.75) is 45.1 Å². The van der Waals surface area contributed by atoms with E-state index in [0.717, 1.165) is 17.8 Å². The molecule has 5 atom stereocenters. The van der Waals surface area contributed by atoms with Gasteiger partial charge in [-0.2, -0.15) is 0 Å². The summed E-state index contributed by atoms with van der Waals surface area (Å²) < 4.78 is 0. The van der Waals surface area contributed by atoms with Gasteiger partial charge in [0.05, 0.1) is 0 Å². The molecule has 3 aliphatic rings. The fourth-order valence-corrected chi connectivity index (χ4v) is 4.91. The largest absolute Gasteiger partial charge is 0.346 e. The van der Waals surface area contributed by atoms with E-state index in [9.17, 15) is 4.79 Å². The molecule has 2 bridgehead atoms. The lowest BCUT2D eigenvalue weighted by atomic mass is 9.79. The fourth-order valence-electron chi connectivity index (χ4n) is 4.91. The summed E-state index contributed by atoms with van der Waals surface area (Å²) in [6.07, 6.45) is 6.68. The molecule has 19 heavy (non-hydrogen) atoms. The van der Waals surface area contributed by atoms with Crippen LogP contribution in [0.1, 0.15) is 48.5 Å². The van der Waals surface area contributed by atoms with Gasteiger partial charge in [-0.15, -0.1) is 5.10 Å². The van der Waals surface area contributed by atoms with Crippen LogP contribution in [-0.2, 0) is 0 Å². The Balaban J connectivity index is 1.46. The average Bonchev–Trinajstić information content (AvgIpc) is 3.08. The molecule has 2 N–H and O–H groups in total. The predicted molar refractivity (Wildman–Crippen MR) is 69.4 cm³/mol. The second-order valence-corrected chi connectivity index (χ2v) is 6.48. The number of fused-ring (bicyclic) bond motifs is 5. The highest BCUT2D eigenvalue weighted by molar-refractivity contribution is 5.90. The second-order valence-electron chi connectivity index (χ2n) is 6.48. The lowest BCUT2D eigenvalue weighted by molar-refractivity contribution is 0.0891. The summed E-state index contributed by atoms with van der Waals surface area (Å²) >= 11 is 0. The van der Waals surface area contributed by atoms with Crippen LogP contribution in [0.5, 0.6) is 0 Å². The van der Waals surface area contributed by atoms with Gasteiger partial charge in [-0.25, -0.2) is 4.98 Å². The van der Waals surface area contributed by atoms with Crippen LogP contribution in [0.4, 0.5) is 0 Å². The van der Waals surface area contributed by atoms with E-state index in [-0.39, 0.29) is 11.7 Å². The third-order valence-corrected chi connectivity index (χ3v) is 5.55. The molecule has 5 heteroatoms. The Morgan fingerprint density at radius 1 is 1.26 bits per heavy atom. The van der Waals surface area contributed by atoms with Gasteiger partial charge in [0.15, 0.2) is 0 Å². The Morgan fingerprint density at radius 2 is 2.11 bits per heavy atom. The maximum Gasteiger partial charge on any atom is 0.291 e. The molecule has 0 radical (unpaired) electrons. The van der Waals surface area contributed by atoms with E-state index in [1.54, 1.807) is 0 Å². The van der Waals surface area contributed by atoms with Crippen LogP contribution < -0.4 is 5.32 Å². The molecule has 5 nitrogen and oxygen atoms in total. The van der Waals surface area contributed by atoms with Gasteiger partial charge in [0, 0.05) is 6.04 Å². The van der Waals surface area contributed by atoms with Crippen LogP contribution in [0, 0.1) is 30.6 Å². The summed E-state index contributed by atoms with van der Waals surface area (Å²) in [7, 11) is 0. The van der Waals surface area contributed by atoms with Crippen molar-refractivity contribution in [3.8, 4) is 0 Å². The Bertz CT molecular complexity index is 511. The monoisotopic (exact) mass is 260 g/mol. The van der Waals surface area contributed by atoms with Gasteiger partial charge < -0.3 is 5.32 Å². The average molecular weight is 260 g/mol. The third kappa shape index (κ3) is 1.70. The molecule has 0 spiro atoms. The number of nitrogens with zero attached hydrogens (tertiary/aromatic N) is 2. The molecule has 1 aromatic rings. The number of aromatic amines is 1. The number of rotatable bonds is 2. The van der Waals surface area contributed by atoms with Crippen LogP contribution in [-0.4, -0.2) is 27.1 Å². The number of carbonyl (C=O) groups excluding carboxylic acids is 1. The molecule has 1 amide bonds. The first kappa shape index (κ1) is 11.4. The Labute approximate surface area is 112 Å². The topological polar surface area (TPSA) is 70.7 Å². The number of hydrogen-bond acceptors (Lipinski definition) is 3. The van der Waals surface area contributed by atoms with E-state index in [2.05, 4.69) is 20.5 Å². The number of carbonyl (C=O) groups is 1. The van der Waals surface area contributed by atoms with E-state index >= 15 is 0 Å². The second kappa shape index (κ2) is 4.05. The zero-order valence-corrected chi connectivity index (χ0v) is 11.2. The van der Waals surface area contributed by atoms with Gasteiger partial charge in [-0.05, 0) is 56.3 Å². The van der Waals surface area contributed by atoms with Crippen molar-refractivity contribution in [3.05, 3.63) is 11.6 Å². The maximum atomic E-state index is 12.1. The number of hydrogen-bond donors (Lipinski definition) is 2. The lowest BCUT2D eigenvalue weighted by Gasteiger charge is -2.31. The van der Waals surface area contributed by atoms with Crippen LogP contribution in [0.3, 0.4) is 0 Å². The van der Waals surface area contributed by atoms with E-state index < -0.39 is 0 Å². The van der Waals surface area contributed by atoms with E-state index in [1.165, 1.54) is 32.1 Å². The summed E-state index contributed by atoms with van der Waals surface area (Å²) in [6, 6.07) is 0.357. The van der Waals surface area contributed by atoms with Gasteiger partial charge >= 0.3 is 0 Å². The van der Waals surface area contributed by atoms with Gasteiger partial charge in [0.1, 0.15) is 5.82 Å². The number of nitrogens with one attached hydrogen (secondary N) is 2. The molecule has 4 rings (SSSR count). The van der Waals surface area contributed by atoms with E-state index in [0.29, 0.717) is 17.8 Å². The summed E-state index contributed by atoms with van der Waals surface area (Å²) in [6.45, 7) is 1.81. The maximum absolute atomic E-state index is 12.1. The highest BCUT2D eigenvalue weighted by Crippen LogP contribution is 2.58. The van der Waals surface area contributed by atoms with Crippen molar-refractivity contribution in [2.75, 3.05) is 0 Å². The summed E-state index contributed by atoms with van der Waals surface area (Å²) in [4.78, 5) is 16.2. The fraction of sp³-hybridized carbons (Fsp3) is 0.786. The van der Waals surface area contributed by atoms with Gasteiger partial charge in [-0.1, -0.05) is 6.42 Å². The zero-order valence-electron chi connectivity index (χ0n) is 11.2. The van der Waals surface area contributed by atoms with Gasteiger partial charge in [0.2, 0.25) is 5.82 Å². The molecule has 0 aliphatic heterocycles. The zero-order chi connectivity index (χ0) is 13.0. The number of H-pyrrole nitrogens is 1. The summed E-state index contributed by atoms with van der Waals surface area (Å²) in [5, 5.41) is 9.83. The highest BCUT2D eigenvalue weighted by Gasteiger charge is 2.54. The predicted octanol–water partition coefficient (Wildman–Crippen LogP) is 1.67. The number of amides is 1. The van der Waals surface area contributed by atoms with Gasteiger partial charge in [-0.3, -0.25) is 9.89 Å². The first-order valence-corrected chi connectivity index (χ1v) is 7.42. The molecular weight excluding hydrogens is 240 g/mol. The molecule has 0 saturated heterocycles. The smallest absolute Gasteiger partial charge is 0.291 e. The first-order chi connectivity index (χ1) is 9.22. The normalized spacial score (nSPS) is 39.5. The lowest BCUT2D eigenvalue weighted by Crippen LogP contribution is -2.42. The van der Waals surface area contributed by atoms with Crippen LogP contribution in [0.2, 0.25) is 0 Å². The molecule has 1 aromatic heterocycles. The van der Waals surface area contributed by atoms with Crippen LogP contribution in [0.25, 0.3) is 0 Å². The Hall–Kier alpha value is -1.39. The van der Waals surface area contributed by atoms with Crippen LogP contribution in [0.15, 0.2) is 0 Å². The molecule has 3 fully saturated rings. The van der Waals surface area contributed by atoms with Crippen LogP contribution >= 0.6 is 0 Å². The molecule has 5 unspecified atom stereocenters. The molecule has 0 aromatic carbocycles. The minimum atomic E-state index is -0.114. The highest BCUT2D eigenvalue weighted by atomic mass is 16.2. The molecule has 102 valence electrons. The quantitative estimate of drug-likeness (QED) is 0.849. The minimum Gasteiger partial charge on any atom is -0.346 e. The summed E-state index contributed by atoms with van der Waals surface area (Å²) in [5.41, 5.74) is 0. The SMILES string of the molecule is Cc1nc(C(=O)NC2CC3CC2C2CCCC32)n[nH]1. The number of aromatic nitrogens is 3. The summed E-state index contributed by atoms with van der Waals surface area (Å²) in [5.74, 6) is 4.26. The van der Waals surface area contributed by atoms with Gasteiger partial charge in [0.25, 0.3) is 5.91 Å². The van der Waals surface area contributed by atoms with E-state index in [4.69, 9.17) is 0 Å². The minimum absolute atomic E-state index is 0.114. The third-order valence-electron chi connectivity index (χ3n) is 5.55. The molecular formula is C14H20N4O. The van der Waals surface area contributed by atoms with Crippen molar-refractivity contribution in [3.63, 3.8) is 0 Å².